The van der Waals surface area contributed by atoms with E-state index in [1.54, 1.807) is 12.1 Å². The van der Waals surface area contributed by atoms with Gasteiger partial charge in [-0.1, -0.05) is 42.0 Å². The van der Waals surface area contributed by atoms with Crippen LogP contribution in [0.3, 0.4) is 0 Å². The molecule has 1 aliphatic heterocycles. The number of amides is 4. The maximum absolute atomic E-state index is 13.3. The minimum absolute atomic E-state index is 0.0661. The number of nitrogens with zero attached hydrogens (tertiary/aromatic N) is 1. The number of nitrogens with one attached hydrogen (secondary N) is 3. The molecule has 222 valence electrons. The van der Waals surface area contributed by atoms with Crippen molar-refractivity contribution >= 4 is 23.8 Å². The molecule has 2 aromatic rings. The molecule has 0 bridgehead atoms. The number of benzene rings is 2. The van der Waals surface area contributed by atoms with Gasteiger partial charge < -0.3 is 36.3 Å². The SMILES string of the molecule is Cc1ccc(C[C@H](NC(=O)C(C)OC(=O)NCCN2CCOCC2)C(=O)N[C@@H](Cc2ccc(O)cc2)C(N)=O)cc1. The molecule has 6 N–H and O–H groups in total. The summed E-state index contributed by atoms with van der Waals surface area (Å²) in [7, 11) is 0. The predicted octanol–water partition coefficient (Wildman–Crippen LogP) is 0.388. The van der Waals surface area contributed by atoms with Crippen molar-refractivity contribution in [3.63, 3.8) is 0 Å². The number of aryl methyl sites for hydroxylation is 1. The summed E-state index contributed by atoms with van der Waals surface area (Å²) in [4.78, 5) is 52.9. The van der Waals surface area contributed by atoms with E-state index in [1.165, 1.54) is 19.1 Å². The van der Waals surface area contributed by atoms with Gasteiger partial charge in [0.25, 0.3) is 5.91 Å². The molecule has 12 nitrogen and oxygen atoms in total. The summed E-state index contributed by atoms with van der Waals surface area (Å²) in [5, 5.41) is 17.4. The smallest absolute Gasteiger partial charge is 0.407 e. The molecule has 1 fully saturated rings. The Labute approximate surface area is 239 Å². The zero-order chi connectivity index (χ0) is 29.8. The largest absolute Gasteiger partial charge is 0.508 e. The van der Waals surface area contributed by atoms with Crippen LogP contribution < -0.4 is 21.7 Å². The molecule has 3 atom stereocenters. The first-order valence-electron chi connectivity index (χ1n) is 13.6. The molecular weight excluding hydrogens is 530 g/mol. The minimum atomic E-state index is -1.18. The lowest BCUT2D eigenvalue weighted by molar-refractivity contribution is -0.134. The molecule has 12 heteroatoms. The summed E-state index contributed by atoms with van der Waals surface area (Å²) >= 11 is 0. The fourth-order valence-electron chi connectivity index (χ4n) is 4.22. The Balaban J connectivity index is 1.61. The van der Waals surface area contributed by atoms with Crippen molar-refractivity contribution in [1.82, 2.24) is 20.9 Å². The number of ether oxygens (including phenoxy) is 2. The Morgan fingerprint density at radius 2 is 1.49 bits per heavy atom. The number of morpholine rings is 1. The van der Waals surface area contributed by atoms with Gasteiger partial charge in [0.2, 0.25) is 11.8 Å². The zero-order valence-corrected chi connectivity index (χ0v) is 23.4. The first-order chi connectivity index (χ1) is 19.6. The molecule has 1 saturated heterocycles. The van der Waals surface area contributed by atoms with Crippen LogP contribution in [0.15, 0.2) is 48.5 Å². The molecule has 0 saturated carbocycles. The number of rotatable bonds is 13. The molecule has 4 amide bonds. The quantitative estimate of drug-likeness (QED) is 0.230. The molecular formula is C29H39N5O7. The highest BCUT2D eigenvalue weighted by atomic mass is 16.6. The highest BCUT2D eigenvalue weighted by molar-refractivity contribution is 5.93. The van der Waals surface area contributed by atoms with E-state index in [0.29, 0.717) is 31.9 Å². The van der Waals surface area contributed by atoms with E-state index >= 15 is 0 Å². The summed E-state index contributed by atoms with van der Waals surface area (Å²) in [6, 6.07) is 11.5. The molecule has 41 heavy (non-hydrogen) atoms. The predicted molar refractivity (Wildman–Crippen MR) is 151 cm³/mol. The number of alkyl carbamates (subject to hydrolysis) is 1. The van der Waals surface area contributed by atoms with Crippen LogP contribution in [0.5, 0.6) is 5.75 Å². The van der Waals surface area contributed by atoms with Gasteiger partial charge in [0.1, 0.15) is 17.8 Å². The molecule has 0 aromatic heterocycles. The van der Waals surface area contributed by atoms with E-state index in [0.717, 1.165) is 24.2 Å². The maximum atomic E-state index is 13.3. The number of nitrogens with two attached hydrogens (primary N) is 1. The van der Waals surface area contributed by atoms with Gasteiger partial charge in [-0.15, -0.1) is 0 Å². The second-order valence-corrected chi connectivity index (χ2v) is 10.0. The van der Waals surface area contributed by atoms with E-state index in [9.17, 15) is 24.3 Å². The molecule has 3 rings (SSSR count). The highest BCUT2D eigenvalue weighted by Gasteiger charge is 2.29. The van der Waals surface area contributed by atoms with Crippen LogP contribution in [0.4, 0.5) is 4.79 Å². The summed E-state index contributed by atoms with van der Waals surface area (Å²) in [5.41, 5.74) is 8.04. The van der Waals surface area contributed by atoms with Gasteiger partial charge in [0, 0.05) is 39.0 Å². The summed E-state index contributed by atoms with van der Waals surface area (Å²) in [5.74, 6) is -1.98. The number of hydrogen-bond donors (Lipinski definition) is 5. The summed E-state index contributed by atoms with van der Waals surface area (Å²) in [6.07, 6.45) is -1.71. The van der Waals surface area contributed by atoms with Crippen LogP contribution in [0, 0.1) is 6.92 Å². The average Bonchev–Trinajstić information content (AvgIpc) is 2.95. The van der Waals surface area contributed by atoms with Crippen molar-refractivity contribution < 1.29 is 33.8 Å². The lowest BCUT2D eigenvalue weighted by Gasteiger charge is -2.26. The monoisotopic (exact) mass is 569 g/mol. The standard InChI is InChI=1S/C29H39N5O7/c1-19-3-5-21(6-4-19)18-25(28(38)32-24(26(30)36)17-22-7-9-23(35)10-8-22)33-27(37)20(2)41-29(39)31-11-12-34-13-15-40-16-14-34/h3-10,20,24-25,35H,11-18H2,1-2H3,(H2,30,36)(H,31,39)(H,32,38)(H,33,37)/t20?,24-,25-/m0/s1. The van der Waals surface area contributed by atoms with Crippen LogP contribution in [0.2, 0.25) is 0 Å². The molecule has 0 aliphatic carbocycles. The first-order valence-corrected chi connectivity index (χ1v) is 13.6. The second-order valence-electron chi connectivity index (χ2n) is 10.0. The number of aromatic hydroxyl groups is 1. The van der Waals surface area contributed by atoms with Gasteiger partial charge in [-0.25, -0.2) is 4.79 Å². The average molecular weight is 570 g/mol. The molecule has 2 aromatic carbocycles. The van der Waals surface area contributed by atoms with Gasteiger partial charge in [-0.3, -0.25) is 19.3 Å². The van der Waals surface area contributed by atoms with Crippen LogP contribution in [0.25, 0.3) is 0 Å². The third kappa shape index (κ3) is 10.7. The fraction of sp³-hybridized carbons (Fsp3) is 0.448. The van der Waals surface area contributed by atoms with Gasteiger partial charge in [0.05, 0.1) is 13.2 Å². The van der Waals surface area contributed by atoms with Crippen molar-refractivity contribution in [3.05, 3.63) is 65.2 Å². The van der Waals surface area contributed by atoms with Gasteiger partial charge in [0.15, 0.2) is 6.10 Å². The van der Waals surface area contributed by atoms with Gasteiger partial charge in [-0.05, 0) is 37.1 Å². The van der Waals surface area contributed by atoms with E-state index in [-0.39, 0.29) is 18.6 Å². The van der Waals surface area contributed by atoms with Crippen molar-refractivity contribution in [2.45, 2.75) is 44.9 Å². The molecule has 1 aliphatic rings. The van der Waals surface area contributed by atoms with Gasteiger partial charge >= 0.3 is 6.09 Å². The lowest BCUT2D eigenvalue weighted by atomic mass is 10.0. The number of hydrogen-bond acceptors (Lipinski definition) is 8. The Kier molecular flexibility index (Phi) is 11.9. The fourth-order valence-corrected chi connectivity index (χ4v) is 4.22. The highest BCUT2D eigenvalue weighted by Crippen LogP contribution is 2.12. The van der Waals surface area contributed by atoms with Crippen molar-refractivity contribution in [2.75, 3.05) is 39.4 Å². The number of phenolic OH excluding ortho intramolecular Hbond substituents is 1. The number of phenols is 1. The summed E-state index contributed by atoms with van der Waals surface area (Å²) < 4.78 is 10.5. The van der Waals surface area contributed by atoms with Crippen molar-refractivity contribution in [3.8, 4) is 5.75 Å². The van der Waals surface area contributed by atoms with Crippen molar-refractivity contribution in [1.29, 1.82) is 0 Å². The Morgan fingerprint density at radius 3 is 2.10 bits per heavy atom. The molecule has 1 unspecified atom stereocenters. The molecule has 0 spiro atoms. The zero-order valence-electron chi connectivity index (χ0n) is 23.4. The van der Waals surface area contributed by atoms with E-state index in [2.05, 4.69) is 20.9 Å². The number of carbonyl (C=O) groups is 4. The second kappa shape index (κ2) is 15.6. The van der Waals surface area contributed by atoms with Crippen LogP contribution in [-0.4, -0.2) is 91.4 Å². The maximum Gasteiger partial charge on any atom is 0.407 e. The first kappa shape index (κ1) is 31.4. The topological polar surface area (TPSA) is 172 Å². The Hall–Kier alpha value is -4.16. The van der Waals surface area contributed by atoms with Gasteiger partial charge in [-0.2, -0.15) is 0 Å². The van der Waals surface area contributed by atoms with Crippen LogP contribution in [-0.2, 0) is 36.7 Å². The number of primary amides is 1. The third-order valence-electron chi connectivity index (χ3n) is 6.68. The number of carbonyl (C=O) groups excluding carboxylic acids is 4. The third-order valence-corrected chi connectivity index (χ3v) is 6.68. The van der Waals surface area contributed by atoms with E-state index in [1.807, 2.05) is 31.2 Å². The van der Waals surface area contributed by atoms with E-state index < -0.39 is 42.0 Å². The molecule has 1 heterocycles. The lowest BCUT2D eigenvalue weighted by Crippen LogP contribution is -2.55. The minimum Gasteiger partial charge on any atom is -0.508 e. The van der Waals surface area contributed by atoms with Crippen LogP contribution in [0.1, 0.15) is 23.6 Å². The Bertz CT molecular complexity index is 1170. The summed E-state index contributed by atoms with van der Waals surface area (Å²) in [6.45, 7) is 7.18. The van der Waals surface area contributed by atoms with E-state index in [4.69, 9.17) is 15.2 Å². The normalized spacial score (nSPS) is 15.7. The Morgan fingerprint density at radius 1 is 0.927 bits per heavy atom. The van der Waals surface area contributed by atoms with Crippen LogP contribution >= 0.6 is 0 Å². The van der Waals surface area contributed by atoms with Crippen molar-refractivity contribution in [2.24, 2.45) is 5.73 Å². The molecule has 0 radical (unpaired) electrons.